The number of rotatable bonds is 8. The second-order valence-corrected chi connectivity index (χ2v) is 8.97. The Morgan fingerprint density at radius 2 is 2.21 bits per heavy atom. The first-order valence-corrected chi connectivity index (χ1v) is 11.2. The van der Waals surface area contributed by atoms with E-state index in [2.05, 4.69) is 15.0 Å². The number of sulfonamides is 1. The minimum Gasteiger partial charge on any atom is -0.394 e. The zero-order valence-electron chi connectivity index (χ0n) is 13.3. The minimum absolute atomic E-state index is 0.114. The van der Waals surface area contributed by atoms with Gasteiger partial charge < -0.3 is 10.4 Å². The van der Waals surface area contributed by atoms with Gasteiger partial charge >= 0.3 is 0 Å². The maximum absolute atomic E-state index is 12.3. The highest BCUT2D eigenvalue weighted by Crippen LogP contribution is 2.27. The Morgan fingerprint density at radius 3 is 2.83 bits per heavy atom. The van der Waals surface area contributed by atoms with Crippen LogP contribution in [0.15, 0.2) is 18.2 Å². The number of nitrogens with one attached hydrogen (secondary N) is 2. The third kappa shape index (κ3) is 5.33. The monoisotopic (exact) mass is 389 g/mol. The van der Waals surface area contributed by atoms with Crippen LogP contribution in [0.4, 0.5) is 5.13 Å². The van der Waals surface area contributed by atoms with Crippen molar-refractivity contribution < 1.29 is 18.3 Å². The van der Waals surface area contributed by atoms with Crippen molar-refractivity contribution in [2.45, 2.75) is 12.5 Å². The van der Waals surface area contributed by atoms with E-state index in [1.165, 1.54) is 0 Å². The number of nitrogens with zero attached hydrogens (tertiary/aromatic N) is 1. The molecule has 0 spiro atoms. The van der Waals surface area contributed by atoms with Gasteiger partial charge in [-0.25, -0.2) is 13.4 Å². The Hall–Kier alpha value is -1.36. The molecule has 0 aliphatic rings. The maximum Gasteiger partial charge on any atom is 0.251 e. The normalized spacial score (nSPS) is 13.0. The van der Waals surface area contributed by atoms with Gasteiger partial charge in [0.25, 0.3) is 5.91 Å². The molecule has 24 heavy (non-hydrogen) atoms. The van der Waals surface area contributed by atoms with E-state index in [0.29, 0.717) is 22.2 Å². The highest BCUT2D eigenvalue weighted by atomic mass is 32.2. The average Bonchev–Trinajstić information content (AvgIpc) is 2.90. The standard InChI is InChI=1S/C14H19N3O4S3/c1-22-6-5-10(8-18)15-13(19)9-3-4-11-12(7-9)23-14(16-11)17-24(2,20)21/h3-4,7,10,18H,5-6,8H2,1-2H3,(H,15,19)(H,16,17). The number of amides is 1. The lowest BCUT2D eigenvalue weighted by Crippen LogP contribution is -2.37. The van der Waals surface area contributed by atoms with E-state index < -0.39 is 10.0 Å². The average molecular weight is 390 g/mol. The molecule has 0 aliphatic carbocycles. The second-order valence-electron chi connectivity index (χ2n) is 5.21. The molecule has 10 heteroatoms. The molecule has 1 unspecified atom stereocenters. The SMILES string of the molecule is CSCCC(CO)NC(=O)c1ccc2nc(NS(C)(=O)=O)sc2c1. The molecule has 0 fully saturated rings. The zero-order valence-corrected chi connectivity index (χ0v) is 15.7. The van der Waals surface area contributed by atoms with Crippen molar-refractivity contribution in [3.05, 3.63) is 23.8 Å². The van der Waals surface area contributed by atoms with Crippen molar-refractivity contribution in [1.82, 2.24) is 10.3 Å². The van der Waals surface area contributed by atoms with E-state index in [1.54, 1.807) is 30.0 Å². The van der Waals surface area contributed by atoms with E-state index in [1.807, 2.05) is 6.26 Å². The third-order valence-electron chi connectivity index (χ3n) is 3.15. The number of fused-ring (bicyclic) bond motifs is 1. The Bertz CT molecular complexity index is 820. The first kappa shape index (κ1) is 19.0. The molecule has 1 aromatic heterocycles. The number of carbonyl (C=O) groups excluding carboxylic acids is 1. The quantitative estimate of drug-likeness (QED) is 0.632. The van der Waals surface area contributed by atoms with Crippen LogP contribution in [0.1, 0.15) is 16.8 Å². The van der Waals surface area contributed by atoms with Crippen molar-refractivity contribution in [2.24, 2.45) is 0 Å². The molecular formula is C14H19N3O4S3. The number of aliphatic hydroxyl groups is 1. The topological polar surface area (TPSA) is 108 Å². The molecule has 2 aromatic rings. The van der Waals surface area contributed by atoms with Gasteiger partial charge in [-0.3, -0.25) is 9.52 Å². The van der Waals surface area contributed by atoms with Gasteiger partial charge in [0.15, 0.2) is 5.13 Å². The van der Waals surface area contributed by atoms with Crippen molar-refractivity contribution >= 4 is 54.4 Å². The molecule has 0 bridgehead atoms. The lowest BCUT2D eigenvalue weighted by Gasteiger charge is -2.15. The van der Waals surface area contributed by atoms with Crippen LogP contribution in [0.5, 0.6) is 0 Å². The number of hydrogen-bond donors (Lipinski definition) is 3. The van der Waals surface area contributed by atoms with E-state index in [0.717, 1.165) is 23.3 Å². The van der Waals surface area contributed by atoms with E-state index in [-0.39, 0.29) is 23.7 Å². The minimum atomic E-state index is -3.39. The van der Waals surface area contributed by atoms with E-state index in [4.69, 9.17) is 0 Å². The van der Waals surface area contributed by atoms with Gasteiger partial charge in [-0.1, -0.05) is 11.3 Å². The Balaban J connectivity index is 2.15. The first-order chi connectivity index (χ1) is 11.3. The highest BCUT2D eigenvalue weighted by Gasteiger charge is 2.15. The summed E-state index contributed by atoms with van der Waals surface area (Å²) in [6.07, 6.45) is 3.71. The van der Waals surface area contributed by atoms with Crippen LogP contribution < -0.4 is 10.0 Å². The lowest BCUT2D eigenvalue weighted by molar-refractivity contribution is 0.0915. The number of hydrogen-bond acceptors (Lipinski definition) is 7. The number of thioether (sulfide) groups is 1. The number of anilines is 1. The van der Waals surface area contributed by atoms with Gasteiger partial charge in [0.1, 0.15) is 0 Å². The summed E-state index contributed by atoms with van der Waals surface area (Å²) in [7, 11) is -3.39. The Labute approximate surface area is 148 Å². The molecule has 0 saturated heterocycles. The van der Waals surface area contributed by atoms with Crippen molar-refractivity contribution in [1.29, 1.82) is 0 Å². The molecule has 1 heterocycles. The van der Waals surface area contributed by atoms with E-state index >= 15 is 0 Å². The molecule has 0 aliphatic heterocycles. The Kier molecular flexibility index (Phi) is 6.44. The van der Waals surface area contributed by atoms with Gasteiger partial charge in [-0.05, 0) is 36.6 Å². The summed E-state index contributed by atoms with van der Waals surface area (Å²) in [5.41, 5.74) is 1.06. The lowest BCUT2D eigenvalue weighted by atomic mass is 10.1. The van der Waals surface area contributed by atoms with Crippen molar-refractivity contribution in [3.63, 3.8) is 0 Å². The molecule has 7 nitrogen and oxygen atoms in total. The summed E-state index contributed by atoms with van der Waals surface area (Å²) in [6.45, 7) is -0.114. The largest absolute Gasteiger partial charge is 0.394 e. The molecule has 1 atom stereocenters. The number of carbonyl (C=O) groups is 1. The van der Waals surface area contributed by atoms with Gasteiger partial charge in [0, 0.05) is 5.56 Å². The summed E-state index contributed by atoms with van der Waals surface area (Å²) in [5, 5.41) is 12.4. The summed E-state index contributed by atoms with van der Waals surface area (Å²) in [5.74, 6) is 0.572. The fraction of sp³-hybridized carbons (Fsp3) is 0.429. The van der Waals surface area contributed by atoms with Gasteiger partial charge in [-0.15, -0.1) is 0 Å². The first-order valence-electron chi connectivity index (χ1n) is 7.11. The molecule has 0 radical (unpaired) electrons. The molecule has 1 amide bonds. The predicted octanol–water partition coefficient (Wildman–Crippen LogP) is 1.51. The number of aliphatic hydroxyl groups excluding tert-OH is 1. The van der Waals surface area contributed by atoms with Gasteiger partial charge in [-0.2, -0.15) is 11.8 Å². The molecule has 132 valence electrons. The van der Waals surface area contributed by atoms with Crippen molar-refractivity contribution in [2.75, 3.05) is 29.6 Å². The summed E-state index contributed by atoms with van der Waals surface area (Å²) in [4.78, 5) is 16.5. The van der Waals surface area contributed by atoms with Crippen LogP contribution in [0, 0.1) is 0 Å². The highest BCUT2D eigenvalue weighted by molar-refractivity contribution is 7.98. The number of benzene rings is 1. The number of aromatic nitrogens is 1. The fourth-order valence-corrected chi connectivity index (χ4v) is 4.27. The number of thiazole rings is 1. The summed E-state index contributed by atoms with van der Waals surface area (Å²) < 4.78 is 25.6. The third-order valence-corrected chi connectivity index (χ3v) is 5.42. The fourth-order valence-electron chi connectivity index (χ4n) is 2.01. The van der Waals surface area contributed by atoms with Crippen LogP contribution in [-0.4, -0.2) is 55.3 Å². The van der Waals surface area contributed by atoms with Crippen LogP contribution in [0.3, 0.4) is 0 Å². The van der Waals surface area contributed by atoms with Gasteiger partial charge in [0.2, 0.25) is 10.0 Å². The van der Waals surface area contributed by atoms with Crippen LogP contribution >= 0.6 is 23.1 Å². The smallest absolute Gasteiger partial charge is 0.251 e. The summed E-state index contributed by atoms with van der Waals surface area (Å²) in [6, 6.07) is 4.68. The maximum atomic E-state index is 12.3. The molecule has 1 aromatic carbocycles. The summed E-state index contributed by atoms with van der Waals surface area (Å²) >= 11 is 2.81. The van der Waals surface area contributed by atoms with Crippen LogP contribution in [-0.2, 0) is 10.0 Å². The van der Waals surface area contributed by atoms with Crippen molar-refractivity contribution in [3.8, 4) is 0 Å². The van der Waals surface area contributed by atoms with Crippen LogP contribution in [0.25, 0.3) is 10.2 Å². The molecule has 3 N–H and O–H groups in total. The van der Waals surface area contributed by atoms with Crippen LogP contribution in [0.2, 0.25) is 0 Å². The molecule has 0 saturated carbocycles. The second kappa shape index (κ2) is 8.15. The Morgan fingerprint density at radius 1 is 1.46 bits per heavy atom. The van der Waals surface area contributed by atoms with Gasteiger partial charge in [0.05, 0.1) is 29.1 Å². The molecular weight excluding hydrogens is 370 g/mol. The zero-order chi connectivity index (χ0) is 17.7. The molecule has 2 rings (SSSR count). The predicted molar refractivity (Wildman–Crippen MR) is 99.4 cm³/mol. The van der Waals surface area contributed by atoms with E-state index in [9.17, 15) is 18.3 Å².